The van der Waals surface area contributed by atoms with Gasteiger partial charge in [0.1, 0.15) is 29.4 Å². The van der Waals surface area contributed by atoms with Gasteiger partial charge >= 0.3 is 0 Å². The zero-order valence-electron chi connectivity index (χ0n) is 21.1. The minimum absolute atomic E-state index is 0.362. The Labute approximate surface area is 223 Å². The number of rotatable bonds is 7. The van der Waals surface area contributed by atoms with Crippen molar-refractivity contribution in [3.05, 3.63) is 73.1 Å². The molecule has 1 fully saturated rings. The first-order chi connectivity index (χ1) is 19.2. The average molecular weight is 521 g/mol. The lowest BCUT2D eigenvalue weighted by Gasteiger charge is -2.15. The summed E-state index contributed by atoms with van der Waals surface area (Å²) in [5.41, 5.74) is 5.86. The third kappa shape index (κ3) is 4.59. The van der Waals surface area contributed by atoms with Crippen molar-refractivity contribution < 1.29 is 9.13 Å². The van der Waals surface area contributed by atoms with Crippen LogP contribution in [0.5, 0.6) is 5.75 Å². The van der Waals surface area contributed by atoms with Gasteiger partial charge in [0.25, 0.3) is 0 Å². The van der Waals surface area contributed by atoms with Crippen LogP contribution in [-0.4, -0.2) is 66.3 Å². The van der Waals surface area contributed by atoms with Gasteiger partial charge in [-0.3, -0.25) is 20.0 Å². The molecule has 1 aliphatic heterocycles. The number of hydrogen-bond acceptors (Lipinski definition) is 7. The van der Waals surface area contributed by atoms with Gasteiger partial charge in [-0.1, -0.05) is 6.07 Å². The lowest BCUT2D eigenvalue weighted by molar-refractivity contribution is 0.237. The molecule has 0 amide bonds. The molecule has 2 N–H and O–H groups in total. The number of fused-ring (bicyclic) bond motifs is 2. The van der Waals surface area contributed by atoms with Crippen molar-refractivity contribution in [1.29, 1.82) is 0 Å². The summed E-state index contributed by atoms with van der Waals surface area (Å²) >= 11 is 0. The van der Waals surface area contributed by atoms with E-state index in [2.05, 4.69) is 35.0 Å². The Bertz CT molecular complexity index is 1780. The number of likely N-dealkylation sites (tertiary alicyclic amines) is 1. The molecular weight excluding hydrogens is 495 g/mol. The summed E-state index contributed by atoms with van der Waals surface area (Å²) in [7, 11) is 0. The number of aromatic amines is 2. The highest BCUT2D eigenvalue weighted by atomic mass is 19.1. The van der Waals surface area contributed by atoms with E-state index in [1.165, 1.54) is 25.0 Å². The van der Waals surface area contributed by atoms with Gasteiger partial charge < -0.3 is 9.72 Å². The SMILES string of the molecule is Fc1cc(OCCN2CCCC2)cc(-c2ccnc3[nH]c(-c4n[nH]c5ccc(-c6cnccn6)cc45)nc23)c1. The Morgan fingerprint density at radius 2 is 1.87 bits per heavy atom. The molecule has 0 radical (unpaired) electrons. The van der Waals surface area contributed by atoms with Crippen LogP contribution >= 0.6 is 0 Å². The lowest BCUT2D eigenvalue weighted by Crippen LogP contribution is -2.25. The third-order valence-corrected chi connectivity index (χ3v) is 7.09. The number of H-pyrrole nitrogens is 2. The van der Waals surface area contributed by atoms with E-state index in [1.807, 2.05) is 30.3 Å². The number of halogens is 1. The maximum atomic E-state index is 14.7. The number of nitrogens with zero attached hydrogens (tertiary/aromatic N) is 6. The molecule has 0 unspecified atom stereocenters. The first-order valence-electron chi connectivity index (χ1n) is 13.0. The fourth-order valence-electron chi connectivity index (χ4n) is 5.16. The Morgan fingerprint density at radius 3 is 2.74 bits per heavy atom. The number of benzene rings is 2. The minimum atomic E-state index is -0.362. The van der Waals surface area contributed by atoms with Gasteiger partial charge in [-0.05, 0) is 61.8 Å². The molecule has 0 aliphatic carbocycles. The molecule has 0 atom stereocenters. The number of hydrogen-bond donors (Lipinski definition) is 2. The van der Waals surface area contributed by atoms with E-state index in [9.17, 15) is 4.39 Å². The van der Waals surface area contributed by atoms with Crippen LogP contribution < -0.4 is 4.74 Å². The molecule has 2 aromatic carbocycles. The summed E-state index contributed by atoms with van der Waals surface area (Å²) < 4.78 is 20.6. The summed E-state index contributed by atoms with van der Waals surface area (Å²) in [5, 5.41) is 8.49. The predicted octanol–water partition coefficient (Wildman–Crippen LogP) is 5.24. The molecule has 0 bridgehead atoms. The third-order valence-electron chi connectivity index (χ3n) is 7.09. The van der Waals surface area contributed by atoms with Crippen LogP contribution in [-0.2, 0) is 0 Å². The van der Waals surface area contributed by atoms with Gasteiger partial charge in [0.05, 0.1) is 17.4 Å². The lowest BCUT2D eigenvalue weighted by atomic mass is 10.1. The molecule has 4 aromatic heterocycles. The zero-order valence-corrected chi connectivity index (χ0v) is 21.1. The monoisotopic (exact) mass is 520 g/mol. The Morgan fingerprint density at radius 1 is 0.949 bits per heavy atom. The highest BCUT2D eigenvalue weighted by Crippen LogP contribution is 2.33. The number of ether oxygens (including phenoxy) is 1. The van der Waals surface area contributed by atoms with Gasteiger partial charge in [0, 0.05) is 47.7 Å². The number of aromatic nitrogens is 7. The van der Waals surface area contributed by atoms with E-state index >= 15 is 0 Å². The molecule has 7 rings (SSSR count). The molecule has 194 valence electrons. The first kappa shape index (κ1) is 23.4. The average Bonchev–Trinajstić information content (AvgIpc) is 3.72. The molecule has 6 aromatic rings. The van der Waals surface area contributed by atoms with Crippen LogP contribution in [0.15, 0.2) is 67.3 Å². The second-order valence-corrected chi connectivity index (χ2v) is 9.64. The van der Waals surface area contributed by atoms with Crippen LogP contribution in [0, 0.1) is 5.82 Å². The largest absolute Gasteiger partial charge is 0.492 e. The Hall–Kier alpha value is -4.70. The van der Waals surface area contributed by atoms with Crippen LogP contribution in [0.3, 0.4) is 0 Å². The molecule has 39 heavy (non-hydrogen) atoms. The molecule has 1 saturated heterocycles. The number of pyridine rings is 1. The maximum Gasteiger partial charge on any atom is 0.160 e. The van der Waals surface area contributed by atoms with Crippen molar-refractivity contribution in [2.45, 2.75) is 12.8 Å². The molecule has 1 aliphatic rings. The molecular formula is C29H25FN8O. The van der Waals surface area contributed by atoms with Gasteiger partial charge in [0.15, 0.2) is 11.5 Å². The molecule has 0 spiro atoms. The zero-order chi connectivity index (χ0) is 26.2. The van der Waals surface area contributed by atoms with Crippen LogP contribution in [0.4, 0.5) is 4.39 Å². The fraction of sp³-hybridized carbons (Fsp3) is 0.207. The normalized spacial score (nSPS) is 14.0. The van der Waals surface area contributed by atoms with Crippen molar-refractivity contribution in [3.63, 3.8) is 0 Å². The Balaban J connectivity index is 1.23. The quantitative estimate of drug-likeness (QED) is 0.296. The Kier molecular flexibility index (Phi) is 5.93. The maximum absolute atomic E-state index is 14.7. The van der Waals surface area contributed by atoms with Crippen LogP contribution in [0.1, 0.15) is 12.8 Å². The topological polar surface area (TPSA) is 108 Å². The van der Waals surface area contributed by atoms with E-state index in [0.717, 1.165) is 47.4 Å². The predicted molar refractivity (Wildman–Crippen MR) is 147 cm³/mol. The van der Waals surface area contributed by atoms with E-state index < -0.39 is 0 Å². The van der Waals surface area contributed by atoms with Gasteiger partial charge in [0.2, 0.25) is 0 Å². The van der Waals surface area contributed by atoms with Crippen molar-refractivity contribution in [1.82, 2.24) is 40.0 Å². The summed E-state index contributed by atoms with van der Waals surface area (Å²) in [5.74, 6) is 0.699. The number of nitrogens with one attached hydrogen (secondary N) is 2. The van der Waals surface area contributed by atoms with E-state index in [-0.39, 0.29) is 5.82 Å². The minimum Gasteiger partial charge on any atom is -0.492 e. The van der Waals surface area contributed by atoms with E-state index in [1.54, 1.807) is 24.8 Å². The molecule has 0 saturated carbocycles. The van der Waals surface area contributed by atoms with Gasteiger partial charge in [-0.15, -0.1) is 0 Å². The van der Waals surface area contributed by atoms with E-state index in [0.29, 0.717) is 40.6 Å². The first-order valence-corrected chi connectivity index (χ1v) is 13.0. The standard InChI is InChI=1S/C29H25FN8O/c30-20-13-19(14-21(16-20)39-12-11-38-9-1-2-10-38)22-5-6-33-28-26(22)34-29(35-28)27-23-15-18(3-4-24(23)36-37-27)25-17-31-7-8-32-25/h3-8,13-17H,1-2,9-12H2,(H,36,37)(H,33,34,35). The summed E-state index contributed by atoms with van der Waals surface area (Å²) in [6.45, 7) is 3.55. The molecule has 9 nitrogen and oxygen atoms in total. The van der Waals surface area contributed by atoms with Crippen LogP contribution in [0.25, 0.3) is 56.0 Å². The van der Waals surface area contributed by atoms with Crippen molar-refractivity contribution >= 4 is 22.1 Å². The van der Waals surface area contributed by atoms with Crippen molar-refractivity contribution in [3.8, 4) is 39.7 Å². The van der Waals surface area contributed by atoms with Gasteiger partial charge in [-0.25, -0.2) is 14.4 Å². The summed E-state index contributed by atoms with van der Waals surface area (Å²) in [4.78, 5) is 23.6. The summed E-state index contributed by atoms with van der Waals surface area (Å²) in [6.07, 6.45) is 9.18. The number of imidazole rings is 1. The van der Waals surface area contributed by atoms with Gasteiger partial charge in [-0.2, -0.15) is 5.10 Å². The van der Waals surface area contributed by atoms with Crippen LogP contribution in [0.2, 0.25) is 0 Å². The highest BCUT2D eigenvalue weighted by molar-refractivity contribution is 5.97. The molecule has 10 heteroatoms. The van der Waals surface area contributed by atoms with Crippen molar-refractivity contribution in [2.75, 3.05) is 26.2 Å². The summed E-state index contributed by atoms with van der Waals surface area (Å²) in [6, 6.07) is 12.6. The molecule has 5 heterocycles. The second-order valence-electron chi connectivity index (χ2n) is 9.64. The van der Waals surface area contributed by atoms with E-state index in [4.69, 9.17) is 9.72 Å². The second kappa shape index (κ2) is 9.88. The fourth-order valence-corrected chi connectivity index (χ4v) is 5.16. The highest BCUT2D eigenvalue weighted by Gasteiger charge is 2.18. The smallest absolute Gasteiger partial charge is 0.160 e. The van der Waals surface area contributed by atoms with Crippen molar-refractivity contribution in [2.24, 2.45) is 0 Å².